The molecule has 1 aliphatic heterocycles. The third kappa shape index (κ3) is 5.11. The number of carbonyl (C=O) groups is 2. The standard InChI is InChI=1S/C18H24F3N3O3/c1-4-27-15(25)6-5-11-7-13-14(22-9-11)8-12(10-23-13)24-16(26)17(2,3)18(19,20)21/h8,10-11,22H,4-7,9H2,1-3H3,(H,24,26)/t11-/m0/s1. The van der Waals surface area contributed by atoms with Crippen molar-refractivity contribution < 1.29 is 27.5 Å². The Hall–Kier alpha value is -2.32. The van der Waals surface area contributed by atoms with Crippen LogP contribution in [0.25, 0.3) is 0 Å². The zero-order valence-corrected chi connectivity index (χ0v) is 15.6. The molecule has 0 unspecified atom stereocenters. The Morgan fingerprint density at radius 2 is 2.07 bits per heavy atom. The highest BCUT2D eigenvalue weighted by molar-refractivity contribution is 5.95. The highest BCUT2D eigenvalue weighted by Crippen LogP contribution is 2.38. The number of anilines is 2. The number of fused-ring (bicyclic) bond motifs is 1. The van der Waals surface area contributed by atoms with Crippen LogP contribution in [-0.4, -0.2) is 36.2 Å². The number of aromatic nitrogens is 1. The minimum Gasteiger partial charge on any atom is -0.466 e. The van der Waals surface area contributed by atoms with E-state index in [1.54, 1.807) is 13.0 Å². The van der Waals surface area contributed by atoms with Gasteiger partial charge in [-0.25, -0.2) is 0 Å². The van der Waals surface area contributed by atoms with E-state index in [0.717, 1.165) is 19.5 Å². The first kappa shape index (κ1) is 21.0. The third-order valence-corrected chi connectivity index (χ3v) is 4.63. The molecule has 0 saturated carbocycles. The molecule has 0 aromatic carbocycles. The second-order valence-corrected chi connectivity index (χ2v) is 7.09. The summed E-state index contributed by atoms with van der Waals surface area (Å²) in [7, 11) is 0. The van der Waals surface area contributed by atoms with Crippen LogP contribution in [0.15, 0.2) is 12.3 Å². The van der Waals surface area contributed by atoms with Gasteiger partial charge in [-0.3, -0.25) is 14.6 Å². The van der Waals surface area contributed by atoms with Crippen molar-refractivity contribution in [2.45, 2.75) is 46.2 Å². The molecule has 0 radical (unpaired) electrons. The van der Waals surface area contributed by atoms with Crippen molar-refractivity contribution in [1.29, 1.82) is 0 Å². The van der Waals surface area contributed by atoms with Crippen LogP contribution < -0.4 is 10.6 Å². The van der Waals surface area contributed by atoms with Gasteiger partial charge in [-0.05, 0) is 45.6 Å². The number of halogens is 3. The lowest BCUT2D eigenvalue weighted by atomic mass is 9.91. The minimum atomic E-state index is -4.65. The van der Waals surface area contributed by atoms with Gasteiger partial charge in [0, 0.05) is 13.0 Å². The van der Waals surface area contributed by atoms with Gasteiger partial charge in [0.2, 0.25) is 5.91 Å². The van der Waals surface area contributed by atoms with Gasteiger partial charge in [0.15, 0.2) is 0 Å². The molecule has 0 fully saturated rings. The van der Waals surface area contributed by atoms with E-state index in [4.69, 9.17) is 4.74 Å². The van der Waals surface area contributed by atoms with Crippen molar-refractivity contribution >= 4 is 23.3 Å². The second kappa shape index (κ2) is 8.14. The fourth-order valence-corrected chi connectivity index (χ4v) is 2.65. The van der Waals surface area contributed by atoms with Crippen LogP contribution in [0.5, 0.6) is 0 Å². The predicted molar refractivity (Wildman–Crippen MR) is 94.3 cm³/mol. The van der Waals surface area contributed by atoms with E-state index >= 15 is 0 Å². The molecular weight excluding hydrogens is 363 g/mol. The number of esters is 1. The molecule has 2 N–H and O–H groups in total. The Balaban J connectivity index is 1.99. The molecule has 1 aromatic rings. The Morgan fingerprint density at radius 3 is 2.70 bits per heavy atom. The average molecular weight is 387 g/mol. The number of amides is 1. The zero-order chi connectivity index (χ0) is 20.2. The maximum absolute atomic E-state index is 13.0. The summed E-state index contributed by atoms with van der Waals surface area (Å²) in [5.74, 6) is -1.17. The monoisotopic (exact) mass is 387 g/mol. The van der Waals surface area contributed by atoms with Crippen LogP contribution in [0.1, 0.15) is 39.3 Å². The smallest absolute Gasteiger partial charge is 0.402 e. The molecule has 1 aliphatic rings. The van der Waals surface area contributed by atoms with Crippen LogP contribution in [0.3, 0.4) is 0 Å². The van der Waals surface area contributed by atoms with E-state index in [9.17, 15) is 22.8 Å². The molecule has 27 heavy (non-hydrogen) atoms. The molecule has 0 bridgehead atoms. The largest absolute Gasteiger partial charge is 0.466 e. The lowest BCUT2D eigenvalue weighted by molar-refractivity contribution is -0.208. The van der Waals surface area contributed by atoms with Crippen molar-refractivity contribution in [3.8, 4) is 0 Å². The summed E-state index contributed by atoms with van der Waals surface area (Å²) in [6.07, 6.45) is -1.67. The van der Waals surface area contributed by atoms with Crippen LogP contribution in [0.4, 0.5) is 24.5 Å². The molecular formula is C18H24F3N3O3. The number of carbonyl (C=O) groups excluding carboxylic acids is 2. The Labute approximate surface area is 155 Å². The normalized spacial score (nSPS) is 16.9. The first-order valence-corrected chi connectivity index (χ1v) is 8.81. The van der Waals surface area contributed by atoms with Gasteiger partial charge in [-0.15, -0.1) is 0 Å². The number of nitrogens with one attached hydrogen (secondary N) is 2. The molecule has 6 nitrogen and oxygen atoms in total. The van der Waals surface area contributed by atoms with Crippen LogP contribution in [0, 0.1) is 11.3 Å². The average Bonchev–Trinajstić information content (AvgIpc) is 2.59. The summed E-state index contributed by atoms with van der Waals surface area (Å²) in [6, 6.07) is 1.58. The minimum absolute atomic E-state index is 0.202. The number of nitrogens with zero attached hydrogens (tertiary/aromatic N) is 1. The topological polar surface area (TPSA) is 80.3 Å². The van der Waals surface area contributed by atoms with Gasteiger partial charge in [0.25, 0.3) is 0 Å². The van der Waals surface area contributed by atoms with Gasteiger partial charge >= 0.3 is 12.1 Å². The molecule has 0 saturated heterocycles. The zero-order valence-electron chi connectivity index (χ0n) is 15.6. The second-order valence-electron chi connectivity index (χ2n) is 7.09. The van der Waals surface area contributed by atoms with Gasteiger partial charge in [0.05, 0.1) is 29.9 Å². The first-order valence-electron chi connectivity index (χ1n) is 8.81. The number of hydrogen-bond donors (Lipinski definition) is 2. The summed E-state index contributed by atoms with van der Waals surface area (Å²) in [4.78, 5) is 27.7. The summed E-state index contributed by atoms with van der Waals surface area (Å²) in [6.45, 7) is 4.39. The van der Waals surface area contributed by atoms with Crippen molar-refractivity contribution in [2.75, 3.05) is 23.8 Å². The maximum atomic E-state index is 13.0. The van der Waals surface area contributed by atoms with Gasteiger partial charge in [-0.1, -0.05) is 0 Å². The molecule has 0 spiro atoms. The van der Waals surface area contributed by atoms with E-state index in [2.05, 4.69) is 15.6 Å². The maximum Gasteiger partial charge on any atom is 0.402 e. The number of rotatable bonds is 6. The number of pyridine rings is 1. The van der Waals surface area contributed by atoms with Crippen molar-refractivity contribution in [2.24, 2.45) is 11.3 Å². The summed E-state index contributed by atoms with van der Waals surface area (Å²) >= 11 is 0. The fraction of sp³-hybridized carbons (Fsp3) is 0.611. The molecule has 1 aromatic heterocycles. The number of hydrogen-bond acceptors (Lipinski definition) is 5. The molecule has 0 aliphatic carbocycles. The Bertz CT molecular complexity index is 705. The Morgan fingerprint density at radius 1 is 1.37 bits per heavy atom. The third-order valence-electron chi connectivity index (χ3n) is 4.63. The fourth-order valence-electron chi connectivity index (χ4n) is 2.65. The molecule has 1 amide bonds. The predicted octanol–water partition coefficient (Wildman–Crippen LogP) is 3.54. The highest BCUT2D eigenvalue weighted by atomic mass is 19.4. The van der Waals surface area contributed by atoms with E-state index in [1.807, 2.05) is 0 Å². The van der Waals surface area contributed by atoms with Crippen LogP contribution in [0.2, 0.25) is 0 Å². The van der Waals surface area contributed by atoms with E-state index in [0.29, 0.717) is 38.1 Å². The number of ether oxygens (including phenoxy) is 1. The Kier molecular flexibility index (Phi) is 6.33. The van der Waals surface area contributed by atoms with Crippen molar-refractivity contribution in [3.05, 3.63) is 18.0 Å². The van der Waals surface area contributed by atoms with E-state index in [1.165, 1.54) is 6.20 Å². The molecule has 150 valence electrons. The summed E-state index contributed by atoms with van der Waals surface area (Å²) < 4.78 is 43.8. The van der Waals surface area contributed by atoms with E-state index < -0.39 is 17.5 Å². The van der Waals surface area contributed by atoms with Crippen LogP contribution >= 0.6 is 0 Å². The molecule has 2 rings (SSSR count). The molecule has 2 heterocycles. The van der Waals surface area contributed by atoms with Gasteiger partial charge in [0.1, 0.15) is 5.41 Å². The van der Waals surface area contributed by atoms with Gasteiger partial charge in [-0.2, -0.15) is 13.2 Å². The SMILES string of the molecule is CCOC(=O)CC[C@@H]1CNc2cc(NC(=O)C(C)(C)C(F)(F)F)cnc2C1. The lowest BCUT2D eigenvalue weighted by Gasteiger charge is -2.27. The highest BCUT2D eigenvalue weighted by Gasteiger charge is 2.52. The number of alkyl halides is 3. The quantitative estimate of drug-likeness (QED) is 0.730. The van der Waals surface area contributed by atoms with Crippen molar-refractivity contribution in [1.82, 2.24) is 4.98 Å². The first-order chi connectivity index (χ1) is 12.5. The molecule has 1 atom stereocenters. The molecule has 9 heteroatoms. The summed E-state index contributed by atoms with van der Waals surface area (Å²) in [5.41, 5.74) is -0.879. The van der Waals surface area contributed by atoms with E-state index in [-0.39, 0.29) is 17.6 Å². The summed E-state index contributed by atoms with van der Waals surface area (Å²) in [5, 5.41) is 5.44. The van der Waals surface area contributed by atoms with Crippen molar-refractivity contribution in [3.63, 3.8) is 0 Å². The van der Waals surface area contributed by atoms with Gasteiger partial charge < -0.3 is 15.4 Å². The van der Waals surface area contributed by atoms with Crippen LogP contribution in [-0.2, 0) is 20.7 Å². The lowest BCUT2D eigenvalue weighted by Crippen LogP contribution is -2.43.